The number of piperazine rings is 1. The summed E-state index contributed by atoms with van der Waals surface area (Å²) in [6.07, 6.45) is -3.33. The van der Waals surface area contributed by atoms with Crippen LogP contribution in [-0.2, 0) is 6.18 Å². The van der Waals surface area contributed by atoms with Crippen molar-refractivity contribution in [2.75, 3.05) is 36.8 Å². The van der Waals surface area contributed by atoms with Gasteiger partial charge >= 0.3 is 6.18 Å². The third-order valence-electron chi connectivity index (χ3n) is 4.20. The lowest BCUT2D eigenvalue weighted by Gasteiger charge is -2.39. The van der Waals surface area contributed by atoms with Crippen LogP contribution in [0.2, 0.25) is 0 Å². The number of hydrogen-bond acceptors (Lipinski definition) is 3. The molecule has 21 heavy (non-hydrogen) atoms. The van der Waals surface area contributed by atoms with Gasteiger partial charge < -0.3 is 10.6 Å². The number of alkyl halides is 3. The third kappa shape index (κ3) is 3.61. The van der Waals surface area contributed by atoms with Gasteiger partial charge in [0.05, 0.1) is 5.56 Å². The molecule has 1 aliphatic heterocycles. The van der Waals surface area contributed by atoms with E-state index in [1.54, 1.807) is 4.90 Å². The number of benzene rings is 1. The van der Waals surface area contributed by atoms with E-state index in [1.807, 2.05) is 0 Å². The maximum atomic E-state index is 13.2. The van der Waals surface area contributed by atoms with Gasteiger partial charge in [-0.15, -0.1) is 0 Å². The minimum atomic E-state index is -4.38. The number of nitrogen functional groups attached to an aromatic ring is 1. The molecule has 0 aromatic heterocycles. The summed E-state index contributed by atoms with van der Waals surface area (Å²) in [6, 6.07) is 4.51. The monoisotopic (exact) mass is 301 g/mol. The zero-order valence-corrected chi connectivity index (χ0v) is 12.5. The predicted molar refractivity (Wildman–Crippen MR) is 79.4 cm³/mol. The van der Waals surface area contributed by atoms with E-state index in [9.17, 15) is 13.2 Å². The Hall–Kier alpha value is -1.43. The Bertz CT molecular complexity index is 480. The number of hydrogen-bond donors (Lipinski definition) is 1. The Kier molecular flexibility index (Phi) is 4.66. The smallest absolute Gasteiger partial charge is 0.399 e. The fraction of sp³-hybridized carbons (Fsp3) is 0.600. The SMILES string of the molecule is CCC(C)N1CCN(c2ccc(N)cc2C(F)(F)F)CC1. The van der Waals surface area contributed by atoms with Gasteiger partial charge in [-0.3, -0.25) is 4.90 Å². The van der Waals surface area contributed by atoms with E-state index in [2.05, 4.69) is 18.7 Å². The maximum absolute atomic E-state index is 13.2. The molecule has 0 bridgehead atoms. The normalized spacial score (nSPS) is 18.8. The van der Waals surface area contributed by atoms with E-state index in [-0.39, 0.29) is 11.4 Å². The molecule has 0 spiro atoms. The molecule has 1 aliphatic rings. The van der Waals surface area contributed by atoms with Crippen molar-refractivity contribution in [3.63, 3.8) is 0 Å². The Balaban J connectivity index is 2.17. The topological polar surface area (TPSA) is 32.5 Å². The Labute approximate surface area is 123 Å². The van der Waals surface area contributed by atoms with Crippen molar-refractivity contribution in [3.8, 4) is 0 Å². The first-order valence-corrected chi connectivity index (χ1v) is 7.28. The van der Waals surface area contributed by atoms with Crippen LogP contribution in [0.1, 0.15) is 25.8 Å². The van der Waals surface area contributed by atoms with Crippen LogP contribution in [0.3, 0.4) is 0 Å². The summed E-state index contributed by atoms with van der Waals surface area (Å²) in [4.78, 5) is 4.13. The lowest BCUT2D eigenvalue weighted by atomic mass is 10.1. The minimum absolute atomic E-state index is 0.143. The second-order valence-electron chi connectivity index (χ2n) is 5.55. The molecule has 3 nitrogen and oxygen atoms in total. The molecule has 1 fully saturated rings. The van der Waals surface area contributed by atoms with Crippen molar-refractivity contribution < 1.29 is 13.2 Å². The summed E-state index contributed by atoms with van der Waals surface area (Å²) in [5.41, 5.74) is 5.25. The van der Waals surface area contributed by atoms with Crippen LogP contribution >= 0.6 is 0 Å². The summed E-state index contributed by atoms with van der Waals surface area (Å²) >= 11 is 0. The Morgan fingerprint density at radius 2 is 1.81 bits per heavy atom. The standard InChI is InChI=1S/C15H22F3N3/c1-3-11(2)20-6-8-21(9-7-20)14-5-4-12(19)10-13(14)15(16,17)18/h4-5,10-11H,3,6-9,19H2,1-2H3. The molecule has 1 saturated heterocycles. The molecule has 0 amide bonds. The van der Waals surface area contributed by atoms with Gasteiger partial charge in [-0.1, -0.05) is 6.92 Å². The zero-order chi connectivity index (χ0) is 15.6. The van der Waals surface area contributed by atoms with Gasteiger partial charge in [0.25, 0.3) is 0 Å². The quantitative estimate of drug-likeness (QED) is 0.870. The molecule has 1 aromatic rings. The molecule has 1 aromatic carbocycles. The number of rotatable bonds is 3. The van der Waals surface area contributed by atoms with Crippen molar-refractivity contribution in [2.24, 2.45) is 0 Å². The molecule has 6 heteroatoms. The van der Waals surface area contributed by atoms with Crippen LogP contribution in [0.4, 0.5) is 24.5 Å². The van der Waals surface area contributed by atoms with Crippen LogP contribution in [0.25, 0.3) is 0 Å². The molecular formula is C15H22F3N3. The van der Waals surface area contributed by atoms with Crippen LogP contribution in [0.15, 0.2) is 18.2 Å². The first kappa shape index (κ1) is 15.9. The Morgan fingerprint density at radius 3 is 2.33 bits per heavy atom. The van der Waals surface area contributed by atoms with E-state index in [0.29, 0.717) is 19.1 Å². The first-order chi connectivity index (χ1) is 9.82. The maximum Gasteiger partial charge on any atom is 0.418 e. The number of nitrogens with two attached hydrogens (primary N) is 1. The summed E-state index contributed by atoms with van der Waals surface area (Å²) in [7, 11) is 0. The van der Waals surface area contributed by atoms with Gasteiger partial charge in [0, 0.05) is 43.6 Å². The molecule has 1 heterocycles. The number of nitrogens with zero attached hydrogens (tertiary/aromatic N) is 2. The molecular weight excluding hydrogens is 279 g/mol. The van der Waals surface area contributed by atoms with Gasteiger partial charge in [-0.2, -0.15) is 13.2 Å². The fourth-order valence-corrected chi connectivity index (χ4v) is 2.72. The highest BCUT2D eigenvalue weighted by molar-refractivity contribution is 5.61. The molecule has 2 rings (SSSR count). The van der Waals surface area contributed by atoms with Crippen molar-refractivity contribution in [2.45, 2.75) is 32.5 Å². The van der Waals surface area contributed by atoms with Crippen LogP contribution in [-0.4, -0.2) is 37.1 Å². The van der Waals surface area contributed by atoms with Gasteiger partial charge in [0.1, 0.15) is 0 Å². The highest BCUT2D eigenvalue weighted by atomic mass is 19.4. The summed E-state index contributed by atoms with van der Waals surface area (Å²) in [6.45, 7) is 7.07. The molecule has 2 N–H and O–H groups in total. The van der Waals surface area contributed by atoms with E-state index in [4.69, 9.17) is 5.73 Å². The highest BCUT2D eigenvalue weighted by Gasteiger charge is 2.35. The lowest BCUT2D eigenvalue weighted by molar-refractivity contribution is -0.137. The summed E-state index contributed by atoms with van der Waals surface area (Å²) in [5, 5.41) is 0. The molecule has 1 atom stereocenters. The van der Waals surface area contributed by atoms with Crippen LogP contribution in [0.5, 0.6) is 0 Å². The average molecular weight is 301 g/mol. The van der Waals surface area contributed by atoms with E-state index in [1.165, 1.54) is 12.1 Å². The largest absolute Gasteiger partial charge is 0.418 e. The zero-order valence-electron chi connectivity index (χ0n) is 12.5. The molecule has 118 valence electrons. The highest BCUT2D eigenvalue weighted by Crippen LogP contribution is 2.38. The third-order valence-corrected chi connectivity index (χ3v) is 4.20. The van der Waals surface area contributed by atoms with Crippen molar-refractivity contribution in [1.29, 1.82) is 0 Å². The van der Waals surface area contributed by atoms with Crippen LogP contribution in [0, 0.1) is 0 Å². The summed E-state index contributed by atoms with van der Waals surface area (Å²) < 4.78 is 39.5. The molecule has 0 aliphatic carbocycles. The first-order valence-electron chi connectivity index (χ1n) is 7.28. The van der Waals surface area contributed by atoms with Gasteiger partial charge in [0.15, 0.2) is 0 Å². The summed E-state index contributed by atoms with van der Waals surface area (Å²) in [5.74, 6) is 0. The van der Waals surface area contributed by atoms with Crippen molar-refractivity contribution >= 4 is 11.4 Å². The minimum Gasteiger partial charge on any atom is -0.399 e. The van der Waals surface area contributed by atoms with E-state index in [0.717, 1.165) is 25.6 Å². The predicted octanol–water partition coefficient (Wildman–Crippen LogP) is 3.21. The molecule has 0 radical (unpaired) electrons. The van der Waals surface area contributed by atoms with Gasteiger partial charge in [0.2, 0.25) is 0 Å². The van der Waals surface area contributed by atoms with E-state index < -0.39 is 11.7 Å². The van der Waals surface area contributed by atoms with Crippen molar-refractivity contribution in [3.05, 3.63) is 23.8 Å². The Morgan fingerprint density at radius 1 is 1.19 bits per heavy atom. The van der Waals surface area contributed by atoms with Crippen molar-refractivity contribution in [1.82, 2.24) is 4.90 Å². The number of anilines is 2. The van der Waals surface area contributed by atoms with Gasteiger partial charge in [-0.05, 0) is 31.5 Å². The second kappa shape index (κ2) is 6.13. The van der Waals surface area contributed by atoms with E-state index >= 15 is 0 Å². The average Bonchev–Trinajstić information content (AvgIpc) is 2.45. The fourth-order valence-electron chi connectivity index (χ4n) is 2.72. The molecule has 0 saturated carbocycles. The second-order valence-corrected chi connectivity index (χ2v) is 5.55. The number of halogens is 3. The molecule has 1 unspecified atom stereocenters. The van der Waals surface area contributed by atoms with Gasteiger partial charge in [-0.25, -0.2) is 0 Å². The van der Waals surface area contributed by atoms with Crippen LogP contribution < -0.4 is 10.6 Å². The lowest BCUT2D eigenvalue weighted by Crippen LogP contribution is -2.49.